The van der Waals surface area contributed by atoms with Crippen LogP contribution in [0.4, 0.5) is 17.6 Å². The summed E-state index contributed by atoms with van der Waals surface area (Å²) in [4.78, 5) is 9.00. The molecule has 0 aromatic heterocycles. The van der Waals surface area contributed by atoms with Crippen LogP contribution in [-0.2, 0) is 11.2 Å². The number of rotatable bonds is 2. The first kappa shape index (κ1) is 15.4. The van der Waals surface area contributed by atoms with Gasteiger partial charge < -0.3 is 5.11 Å². The van der Waals surface area contributed by atoms with Crippen LogP contribution in [0, 0.1) is 23.3 Å². The average Bonchev–Trinajstić information content (AvgIpc) is 2.20. The summed E-state index contributed by atoms with van der Waals surface area (Å²) in [5.74, 6) is -6.38. The number of carbonyl (C=O) groups is 1. The summed E-state index contributed by atoms with van der Waals surface area (Å²) in [5, 5.41) is 7.42. The fraction of sp³-hybridized carbons (Fsp3) is 0.364. The highest BCUT2D eigenvalue weighted by molar-refractivity contribution is 5.62. The minimum absolute atomic E-state index is 0.0644. The van der Waals surface area contributed by atoms with Gasteiger partial charge in [-0.3, -0.25) is 4.79 Å². The summed E-state index contributed by atoms with van der Waals surface area (Å²) in [6.07, 6.45) is 0.535. The Kier molecular flexibility index (Phi) is 6.23. The maximum absolute atomic E-state index is 12.9. The van der Waals surface area contributed by atoms with E-state index in [2.05, 4.69) is 0 Å². The maximum Gasteiger partial charge on any atom is 0.300 e. The molecular formula is C11H12F4O2. The van der Waals surface area contributed by atoms with Crippen LogP contribution in [-0.4, -0.2) is 11.1 Å². The zero-order chi connectivity index (χ0) is 13.6. The van der Waals surface area contributed by atoms with Gasteiger partial charge >= 0.3 is 0 Å². The van der Waals surface area contributed by atoms with E-state index in [-0.39, 0.29) is 12.0 Å². The van der Waals surface area contributed by atoms with Gasteiger partial charge in [-0.05, 0) is 6.42 Å². The molecule has 1 aromatic carbocycles. The predicted molar refractivity (Wildman–Crippen MR) is 53.6 cm³/mol. The van der Waals surface area contributed by atoms with Crippen molar-refractivity contribution >= 4 is 5.97 Å². The van der Waals surface area contributed by atoms with Crippen LogP contribution in [0.1, 0.15) is 25.8 Å². The smallest absolute Gasteiger partial charge is 0.300 e. The van der Waals surface area contributed by atoms with Gasteiger partial charge in [-0.15, -0.1) is 0 Å². The molecule has 1 aromatic rings. The van der Waals surface area contributed by atoms with Gasteiger partial charge in [0.2, 0.25) is 0 Å². The Bertz CT molecular complexity index is 401. The van der Waals surface area contributed by atoms with Gasteiger partial charge in [0.05, 0.1) is 0 Å². The fourth-order valence-corrected chi connectivity index (χ4v) is 1.08. The SMILES string of the molecule is CC(=O)O.CCCc1c(F)cc(F)c(F)c1F. The van der Waals surface area contributed by atoms with E-state index < -0.39 is 29.2 Å². The van der Waals surface area contributed by atoms with Crippen molar-refractivity contribution in [2.75, 3.05) is 0 Å². The van der Waals surface area contributed by atoms with E-state index in [0.29, 0.717) is 12.5 Å². The van der Waals surface area contributed by atoms with Crippen molar-refractivity contribution < 1.29 is 27.5 Å². The lowest BCUT2D eigenvalue weighted by Crippen LogP contribution is -2.01. The first-order valence-electron chi connectivity index (χ1n) is 4.82. The molecule has 0 saturated heterocycles. The molecule has 0 radical (unpaired) electrons. The van der Waals surface area contributed by atoms with Crippen LogP contribution in [0.5, 0.6) is 0 Å². The lowest BCUT2D eigenvalue weighted by atomic mass is 10.1. The Morgan fingerprint density at radius 2 is 1.65 bits per heavy atom. The number of carboxylic acid groups (broad SMARTS) is 1. The minimum atomic E-state index is -1.61. The summed E-state index contributed by atoms with van der Waals surface area (Å²) < 4.78 is 50.7. The Hall–Kier alpha value is -1.59. The first-order chi connectivity index (χ1) is 7.81. The van der Waals surface area contributed by atoms with E-state index in [1.165, 1.54) is 0 Å². The van der Waals surface area contributed by atoms with Crippen LogP contribution in [0.2, 0.25) is 0 Å². The molecule has 0 spiro atoms. The highest BCUT2D eigenvalue weighted by atomic mass is 19.2. The summed E-state index contributed by atoms with van der Waals surface area (Å²) in [6.45, 7) is 2.78. The molecule has 0 fully saturated rings. The maximum atomic E-state index is 12.9. The fourth-order valence-electron chi connectivity index (χ4n) is 1.08. The van der Waals surface area contributed by atoms with Crippen LogP contribution >= 0.6 is 0 Å². The van der Waals surface area contributed by atoms with Crippen LogP contribution in [0.15, 0.2) is 6.07 Å². The van der Waals surface area contributed by atoms with Crippen molar-refractivity contribution in [3.63, 3.8) is 0 Å². The zero-order valence-corrected chi connectivity index (χ0v) is 9.36. The Morgan fingerprint density at radius 3 is 2.06 bits per heavy atom. The van der Waals surface area contributed by atoms with E-state index in [1.807, 2.05) is 0 Å². The summed E-state index contributed by atoms with van der Waals surface area (Å²) in [6, 6.07) is 0.364. The van der Waals surface area contributed by atoms with E-state index in [0.717, 1.165) is 6.92 Å². The van der Waals surface area contributed by atoms with Crippen molar-refractivity contribution in [2.45, 2.75) is 26.7 Å². The highest BCUT2D eigenvalue weighted by Gasteiger charge is 2.17. The van der Waals surface area contributed by atoms with Gasteiger partial charge in [0, 0.05) is 18.6 Å². The van der Waals surface area contributed by atoms with E-state index in [4.69, 9.17) is 9.90 Å². The molecule has 0 unspecified atom stereocenters. The first-order valence-corrected chi connectivity index (χ1v) is 4.82. The quantitative estimate of drug-likeness (QED) is 0.498. The second kappa shape index (κ2) is 6.88. The Balaban J connectivity index is 0.000000557. The molecule has 0 bridgehead atoms. The molecule has 96 valence electrons. The second-order valence-corrected chi connectivity index (χ2v) is 3.22. The largest absolute Gasteiger partial charge is 0.481 e. The van der Waals surface area contributed by atoms with Crippen molar-refractivity contribution in [1.29, 1.82) is 0 Å². The molecule has 0 amide bonds. The number of hydrogen-bond donors (Lipinski definition) is 1. The molecule has 0 heterocycles. The molecule has 0 aliphatic carbocycles. The zero-order valence-electron chi connectivity index (χ0n) is 9.36. The standard InChI is InChI=1S/C9H8F4.C2H4O2/c1-2-3-5-6(10)4-7(11)9(13)8(5)12;1-2(3)4/h4H,2-3H2,1H3;1H3,(H,3,4). The monoisotopic (exact) mass is 252 g/mol. The van der Waals surface area contributed by atoms with Crippen LogP contribution < -0.4 is 0 Å². The Morgan fingerprint density at radius 1 is 1.18 bits per heavy atom. The molecule has 0 atom stereocenters. The number of aliphatic carboxylic acids is 1. The molecule has 1 rings (SSSR count). The molecular weight excluding hydrogens is 240 g/mol. The van der Waals surface area contributed by atoms with E-state index >= 15 is 0 Å². The van der Waals surface area contributed by atoms with E-state index in [1.54, 1.807) is 6.92 Å². The van der Waals surface area contributed by atoms with Crippen molar-refractivity contribution in [3.05, 3.63) is 34.9 Å². The van der Waals surface area contributed by atoms with Crippen molar-refractivity contribution in [2.24, 2.45) is 0 Å². The molecule has 0 aliphatic rings. The van der Waals surface area contributed by atoms with Gasteiger partial charge in [0.25, 0.3) is 5.97 Å². The van der Waals surface area contributed by atoms with Gasteiger partial charge in [-0.2, -0.15) is 0 Å². The van der Waals surface area contributed by atoms with Gasteiger partial charge in [0.1, 0.15) is 5.82 Å². The third-order valence-corrected chi connectivity index (χ3v) is 1.71. The summed E-state index contributed by atoms with van der Waals surface area (Å²) in [7, 11) is 0. The summed E-state index contributed by atoms with van der Waals surface area (Å²) in [5.41, 5.74) is -0.388. The van der Waals surface area contributed by atoms with E-state index in [9.17, 15) is 17.6 Å². The number of carboxylic acids is 1. The van der Waals surface area contributed by atoms with Crippen LogP contribution in [0.3, 0.4) is 0 Å². The molecule has 17 heavy (non-hydrogen) atoms. The number of benzene rings is 1. The van der Waals surface area contributed by atoms with Crippen molar-refractivity contribution in [1.82, 2.24) is 0 Å². The molecule has 6 heteroatoms. The lowest BCUT2D eigenvalue weighted by molar-refractivity contribution is -0.134. The highest BCUT2D eigenvalue weighted by Crippen LogP contribution is 2.20. The normalized spacial score (nSPS) is 9.53. The molecule has 0 aliphatic heterocycles. The second-order valence-electron chi connectivity index (χ2n) is 3.22. The minimum Gasteiger partial charge on any atom is -0.481 e. The third-order valence-electron chi connectivity index (χ3n) is 1.71. The summed E-state index contributed by atoms with van der Waals surface area (Å²) >= 11 is 0. The van der Waals surface area contributed by atoms with Crippen LogP contribution in [0.25, 0.3) is 0 Å². The molecule has 1 N–H and O–H groups in total. The molecule has 0 saturated carbocycles. The third kappa shape index (κ3) is 4.84. The van der Waals surface area contributed by atoms with Gasteiger partial charge in [0.15, 0.2) is 17.5 Å². The Labute approximate surface area is 95.9 Å². The topological polar surface area (TPSA) is 37.3 Å². The molecule has 2 nitrogen and oxygen atoms in total. The number of halogens is 4. The predicted octanol–water partition coefficient (Wildman–Crippen LogP) is 3.29. The average molecular weight is 252 g/mol. The lowest BCUT2D eigenvalue weighted by Gasteiger charge is -2.04. The van der Waals surface area contributed by atoms with Gasteiger partial charge in [-0.1, -0.05) is 13.3 Å². The van der Waals surface area contributed by atoms with Gasteiger partial charge in [-0.25, -0.2) is 17.6 Å². The number of hydrogen-bond acceptors (Lipinski definition) is 1. The van der Waals surface area contributed by atoms with Crippen molar-refractivity contribution in [3.8, 4) is 0 Å².